The van der Waals surface area contributed by atoms with Crippen LogP contribution in [-0.2, 0) is 9.53 Å². The molecular formula is C20H25N3O2S. The second kappa shape index (κ2) is 6.74. The number of amides is 1. The summed E-state index contributed by atoms with van der Waals surface area (Å²) < 4.78 is 7.92. The molecule has 138 valence electrons. The molecule has 5 nitrogen and oxygen atoms in total. The first-order valence-electron chi connectivity index (χ1n) is 9.14. The zero-order valence-corrected chi connectivity index (χ0v) is 16.3. The molecule has 1 aromatic carbocycles. The van der Waals surface area contributed by atoms with Crippen LogP contribution in [0.2, 0.25) is 0 Å². The quantitative estimate of drug-likeness (QED) is 0.864. The van der Waals surface area contributed by atoms with Crippen LogP contribution in [0.3, 0.4) is 0 Å². The average molecular weight is 372 g/mol. The summed E-state index contributed by atoms with van der Waals surface area (Å²) in [5, 5.41) is 8.12. The van der Waals surface area contributed by atoms with E-state index in [1.807, 2.05) is 13.0 Å². The number of carbonyl (C=O) groups excluding carboxylic acids is 1. The first kappa shape index (κ1) is 17.6. The topological polar surface area (TPSA) is 56.2 Å². The Labute approximate surface area is 158 Å². The molecule has 1 fully saturated rings. The molecule has 1 aromatic heterocycles. The Morgan fingerprint density at radius 1 is 1.31 bits per heavy atom. The number of nitrogens with zero attached hydrogens (tertiary/aromatic N) is 2. The van der Waals surface area contributed by atoms with E-state index in [0.717, 1.165) is 36.5 Å². The fraction of sp³-hybridized carbons (Fsp3) is 0.500. The molecule has 1 N–H and O–H groups in total. The molecule has 6 heteroatoms. The number of ether oxygens (including phenoxy) is 1. The fourth-order valence-electron chi connectivity index (χ4n) is 3.97. The normalized spacial score (nSPS) is 25.3. The molecule has 0 saturated carbocycles. The summed E-state index contributed by atoms with van der Waals surface area (Å²) in [5.41, 5.74) is 3.17. The van der Waals surface area contributed by atoms with Gasteiger partial charge in [0.15, 0.2) is 0 Å². The van der Waals surface area contributed by atoms with Gasteiger partial charge in [-0.3, -0.25) is 4.79 Å². The molecule has 0 radical (unpaired) electrons. The van der Waals surface area contributed by atoms with Crippen molar-refractivity contribution >= 4 is 23.5 Å². The summed E-state index contributed by atoms with van der Waals surface area (Å²) in [6.07, 6.45) is 1.80. The van der Waals surface area contributed by atoms with E-state index >= 15 is 0 Å². The summed E-state index contributed by atoms with van der Waals surface area (Å²) in [6.45, 7) is 7.01. The SMILES string of the molecule is Cc1nn([C@@H]2CCOC(C)(C)C2)c2c1[C@@H](c1ccccc1)SCC(=O)N2. The Morgan fingerprint density at radius 3 is 2.81 bits per heavy atom. The van der Waals surface area contributed by atoms with Crippen molar-refractivity contribution in [2.24, 2.45) is 0 Å². The van der Waals surface area contributed by atoms with Gasteiger partial charge in [-0.05, 0) is 39.2 Å². The highest BCUT2D eigenvalue weighted by molar-refractivity contribution is 8.00. The molecule has 3 heterocycles. The van der Waals surface area contributed by atoms with Crippen molar-refractivity contribution in [2.75, 3.05) is 17.7 Å². The van der Waals surface area contributed by atoms with E-state index in [-0.39, 0.29) is 22.8 Å². The third-order valence-electron chi connectivity index (χ3n) is 5.15. The molecule has 2 atom stereocenters. The number of rotatable bonds is 2. The third kappa shape index (κ3) is 3.28. The van der Waals surface area contributed by atoms with Crippen molar-refractivity contribution in [3.63, 3.8) is 0 Å². The lowest BCUT2D eigenvalue weighted by Gasteiger charge is -2.36. The van der Waals surface area contributed by atoms with Gasteiger partial charge in [0.25, 0.3) is 0 Å². The number of carbonyl (C=O) groups is 1. The van der Waals surface area contributed by atoms with Crippen LogP contribution in [0, 0.1) is 6.92 Å². The molecule has 2 aliphatic heterocycles. The minimum absolute atomic E-state index is 0.0437. The van der Waals surface area contributed by atoms with Gasteiger partial charge < -0.3 is 10.1 Å². The minimum atomic E-state index is -0.169. The van der Waals surface area contributed by atoms with Gasteiger partial charge in [-0.15, -0.1) is 11.8 Å². The summed E-state index contributed by atoms with van der Waals surface area (Å²) in [6, 6.07) is 10.6. The van der Waals surface area contributed by atoms with Gasteiger partial charge in [-0.2, -0.15) is 5.10 Å². The lowest BCUT2D eigenvalue weighted by Crippen LogP contribution is -2.36. The molecule has 0 bridgehead atoms. The van der Waals surface area contributed by atoms with Crippen molar-refractivity contribution in [1.29, 1.82) is 0 Å². The Kier molecular flexibility index (Phi) is 4.57. The van der Waals surface area contributed by atoms with Crippen molar-refractivity contribution in [3.8, 4) is 0 Å². The zero-order chi connectivity index (χ0) is 18.3. The number of fused-ring (bicyclic) bond motifs is 1. The fourth-order valence-corrected chi connectivity index (χ4v) is 5.16. The summed E-state index contributed by atoms with van der Waals surface area (Å²) in [4.78, 5) is 12.4. The second-order valence-corrected chi connectivity index (χ2v) is 8.79. The highest BCUT2D eigenvalue weighted by Crippen LogP contribution is 2.45. The Balaban J connectivity index is 1.79. The van der Waals surface area contributed by atoms with Crippen LogP contribution in [0.5, 0.6) is 0 Å². The third-order valence-corrected chi connectivity index (χ3v) is 6.42. The lowest BCUT2D eigenvalue weighted by atomic mass is 9.94. The Morgan fingerprint density at radius 2 is 2.08 bits per heavy atom. The monoisotopic (exact) mass is 371 g/mol. The molecule has 26 heavy (non-hydrogen) atoms. The highest BCUT2D eigenvalue weighted by atomic mass is 32.2. The van der Waals surface area contributed by atoms with Gasteiger partial charge in [-0.25, -0.2) is 4.68 Å². The van der Waals surface area contributed by atoms with Crippen molar-refractivity contribution in [2.45, 2.75) is 50.5 Å². The molecule has 1 saturated heterocycles. The molecule has 0 spiro atoms. The number of hydrogen-bond donors (Lipinski definition) is 1. The van der Waals surface area contributed by atoms with Crippen LogP contribution in [0.25, 0.3) is 0 Å². The summed E-state index contributed by atoms with van der Waals surface area (Å²) in [5.74, 6) is 1.36. The van der Waals surface area contributed by atoms with Gasteiger partial charge in [0, 0.05) is 12.2 Å². The predicted molar refractivity (Wildman–Crippen MR) is 105 cm³/mol. The highest BCUT2D eigenvalue weighted by Gasteiger charge is 2.35. The number of benzene rings is 1. The van der Waals surface area contributed by atoms with Crippen molar-refractivity contribution < 1.29 is 9.53 Å². The zero-order valence-electron chi connectivity index (χ0n) is 15.5. The number of aryl methyl sites for hydroxylation is 1. The van der Waals surface area contributed by atoms with E-state index in [4.69, 9.17) is 9.84 Å². The molecule has 0 unspecified atom stereocenters. The average Bonchev–Trinajstić information content (AvgIpc) is 2.81. The minimum Gasteiger partial charge on any atom is -0.375 e. The number of anilines is 1. The van der Waals surface area contributed by atoms with Crippen LogP contribution in [0.1, 0.15) is 54.8 Å². The Bertz CT molecular complexity index is 816. The van der Waals surface area contributed by atoms with Gasteiger partial charge in [0.2, 0.25) is 5.91 Å². The number of nitrogens with one attached hydrogen (secondary N) is 1. The van der Waals surface area contributed by atoms with E-state index in [9.17, 15) is 4.79 Å². The maximum Gasteiger partial charge on any atom is 0.235 e. The smallest absolute Gasteiger partial charge is 0.235 e. The van der Waals surface area contributed by atoms with E-state index in [2.05, 4.69) is 48.1 Å². The molecule has 0 aliphatic carbocycles. The predicted octanol–water partition coefficient (Wildman–Crippen LogP) is 4.10. The van der Waals surface area contributed by atoms with Gasteiger partial charge >= 0.3 is 0 Å². The molecule has 2 aromatic rings. The molecule has 1 amide bonds. The van der Waals surface area contributed by atoms with Crippen LogP contribution >= 0.6 is 11.8 Å². The van der Waals surface area contributed by atoms with E-state index in [1.165, 1.54) is 5.56 Å². The van der Waals surface area contributed by atoms with Crippen LogP contribution in [0.15, 0.2) is 30.3 Å². The number of thioether (sulfide) groups is 1. The second-order valence-electron chi connectivity index (χ2n) is 7.70. The largest absolute Gasteiger partial charge is 0.375 e. The van der Waals surface area contributed by atoms with Crippen LogP contribution in [0.4, 0.5) is 5.82 Å². The lowest BCUT2D eigenvalue weighted by molar-refractivity contribution is -0.113. The Hall–Kier alpha value is -1.79. The van der Waals surface area contributed by atoms with Gasteiger partial charge in [0.05, 0.1) is 28.3 Å². The maximum absolute atomic E-state index is 12.4. The van der Waals surface area contributed by atoms with Crippen LogP contribution in [-0.4, -0.2) is 33.6 Å². The van der Waals surface area contributed by atoms with E-state index < -0.39 is 0 Å². The first-order valence-corrected chi connectivity index (χ1v) is 10.2. The van der Waals surface area contributed by atoms with E-state index in [0.29, 0.717) is 5.75 Å². The molecule has 4 rings (SSSR count). The maximum atomic E-state index is 12.4. The van der Waals surface area contributed by atoms with Gasteiger partial charge in [0.1, 0.15) is 5.82 Å². The van der Waals surface area contributed by atoms with Crippen LogP contribution < -0.4 is 5.32 Å². The number of hydrogen-bond acceptors (Lipinski definition) is 4. The summed E-state index contributed by atoms with van der Waals surface area (Å²) >= 11 is 1.67. The first-order chi connectivity index (χ1) is 12.4. The standard InChI is InChI=1S/C20H25N3O2S/c1-13-17-18(14-7-5-4-6-8-14)26-12-16(24)21-19(17)23(22-13)15-9-10-25-20(2,3)11-15/h4-8,15,18H,9-12H2,1-3H3,(H,21,24)/t15-,18-/m1/s1. The van der Waals surface area contributed by atoms with Gasteiger partial charge in [-0.1, -0.05) is 30.3 Å². The molecule has 2 aliphatic rings. The summed E-state index contributed by atoms with van der Waals surface area (Å²) in [7, 11) is 0. The number of aromatic nitrogens is 2. The van der Waals surface area contributed by atoms with Crippen molar-refractivity contribution in [1.82, 2.24) is 9.78 Å². The molecular weight excluding hydrogens is 346 g/mol. The van der Waals surface area contributed by atoms with Crippen molar-refractivity contribution in [3.05, 3.63) is 47.2 Å². The van der Waals surface area contributed by atoms with E-state index in [1.54, 1.807) is 11.8 Å².